The molecule has 0 amide bonds. The first-order valence-electron chi connectivity index (χ1n) is 8.69. The fourth-order valence-electron chi connectivity index (χ4n) is 3.71. The third-order valence-corrected chi connectivity index (χ3v) is 5.56. The molecule has 0 spiro atoms. The van der Waals surface area contributed by atoms with Crippen molar-refractivity contribution < 1.29 is 9.50 Å². The van der Waals surface area contributed by atoms with Crippen LogP contribution in [0.2, 0.25) is 5.02 Å². The molecule has 1 atom stereocenters. The summed E-state index contributed by atoms with van der Waals surface area (Å²) in [6.07, 6.45) is 5.99. The SMILES string of the molecule is Cn1ccnc1C(O)C1CCN(c2ccc3c(Cl)ccnc3c2F)CC1. The fraction of sp³-hybridized carbons (Fsp3) is 0.368. The van der Waals surface area contributed by atoms with Crippen LogP contribution in [0, 0.1) is 11.7 Å². The van der Waals surface area contributed by atoms with Crippen molar-refractivity contribution in [2.75, 3.05) is 18.0 Å². The van der Waals surface area contributed by atoms with E-state index in [4.69, 9.17) is 11.6 Å². The fourth-order valence-corrected chi connectivity index (χ4v) is 3.92. The maximum atomic E-state index is 14.9. The maximum Gasteiger partial charge on any atom is 0.172 e. The zero-order valence-electron chi connectivity index (χ0n) is 14.4. The average Bonchev–Trinajstić information content (AvgIpc) is 3.08. The Hall–Kier alpha value is -2.18. The highest BCUT2D eigenvalue weighted by Crippen LogP contribution is 2.35. The van der Waals surface area contributed by atoms with E-state index < -0.39 is 6.10 Å². The Kier molecular flexibility index (Phi) is 4.54. The molecule has 0 saturated carbocycles. The molecule has 2 aromatic heterocycles. The number of piperidine rings is 1. The molecule has 1 saturated heterocycles. The molecule has 3 heterocycles. The molecule has 1 aliphatic rings. The second-order valence-corrected chi connectivity index (χ2v) is 7.16. The minimum absolute atomic E-state index is 0.114. The van der Waals surface area contributed by atoms with Gasteiger partial charge in [-0.3, -0.25) is 4.98 Å². The second-order valence-electron chi connectivity index (χ2n) is 6.75. The number of hydrogen-bond donors (Lipinski definition) is 1. The van der Waals surface area contributed by atoms with E-state index in [0.29, 0.717) is 40.5 Å². The molecule has 3 aromatic rings. The van der Waals surface area contributed by atoms with Gasteiger partial charge in [-0.2, -0.15) is 0 Å². The Morgan fingerprint density at radius 3 is 2.65 bits per heavy atom. The Labute approximate surface area is 156 Å². The number of nitrogens with zero attached hydrogens (tertiary/aromatic N) is 4. The molecule has 0 bridgehead atoms. The number of aromatic nitrogens is 3. The van der Waals surface area contributed by atoms with E-state index in [1.807, 2.05) is 28.8 Å². The molecule has 7 heteroatoms. The highest BCUT2D eigenvalue weighted by atomic mass is 35.5. The van der Waals surface area contributed by atoms with Crippen molar-refractivity contribution in [1.82, 2.24) is 14.5 Å². The van der Waals surface area contributed by atoms with Crippen LogP contribution in [0.1, 0.15) is 24.8 Å². The van der Waals surface area contributed by atoms with E-state index in [2.05, 4.69) is 9.97 Å². The molecule has 1 fully saturated rings. The van der Waals surface area contributed by atoms with Gasteiger partial charge in [-0.05, 0) is 37.0 Å². The minimum atomic E-state index is -0.598. The largest absolute Gasteiger partial charge is 0.385 e. The van der Waals surface area contributed by atoms with Gasteiger partial charge in [0, 0.05) is 44.1 Å². The quantitative estimate of drug-likeness (QED) is 0.759. The van der Waals surface area contributed by atoms with Crippen molar-refractivity contribution in [1.29, 1.82) is 0 Å². The summed E-state index contributed by atoms with van der Waals surface area (Å²) in [6, 6.07) is 5.24. The number of halogens is 2. The van der Waals surface area contributed by atoms with Crippen molar-refractivity contribution in [3.8, 4) is 0 Å². The van der Waals surface area contributed by atoms with Crippen LogP contribution in [0.3, 0.4) is 0 Å². The molecule has 0 radical (unpaired) electrons. The number of anilines is 1. The topological polar surface area (TPSA) is 54.2 Å². The second kappa shape index (κ2) is 6.85. The van der Waals surface area contributed by atoms with Gasteiger partial charge >= 0.3 is 0 Å². The van der Waals surface area contributed by atoms with Gasteiger partial charge in [0.15, 0.2) is 5.82 Å². The van der Waals surface area contributed by atoms with Crippen LogP contribution in [0.15, 0.2) is 36.8 Å². The molecule has 4 rings (SSSR count). The van der Waals surface area contributed by atoms with Crippen LogP contribution in [-0.4, -0.2) is 32.7 Å². The van der Waals surface area contributed by atoms with E-state index in [1.165, 1.54) is 6.20 Å². The Morgan fingerprint density at radius 2 is 1.96 bits per heavy atom. The first kappa shape index (κ1) is 17.2. The lowest BCUT2D eigenvalue weighted by Crippen LogP contribution is -2.36. The third-order valence-electron chi connectivity index (χ3n) is 5.23. The van der Waals surface area contributed by atoms with Gasteiger partial charge in [-0.15, -0.1) is 0 Å². The summed E-state index contributed by atoms with van der Waals surface area (Å²) in [5.41, 5.74) is 0.836. The molecule has 1 aromatic carbocycles. The van der Waals surface area contributed by atoms with E-state index >= 15 is 0 Å². The van der Waals surface area contributed by atoms with Crippen molar-refractivity contribution >= 4 is 28.2 Å². The molecule has 1 unspecified atom stereocenters. The highest BCUT2D eigenvalue weighted by Gasteiger charge is 2.29. The highest BCUT2D eigenvalue weighted by molar-refractivity contribution is 6.35. The van der Waals surface area contributed by atoms with E-state index in [1.54, 1.807) is 18.3 Å². The maximum absolute atomic E-state index is 14.9. The Balaban J connectivity index is 1.52. The summed E-state index contributed by atoms with van der Waals surface area (Å²) in [6.45, 7) is 1.35. The molecule has 5 nitrogen and oxygen atoms in total. The summed E-state index contributed by atoms with van der Waals surface area (Å²) < 4.78 is 16.8. The van der Waals surface area contributed by atoms with E-state index in [-0.39, 0.29) is 11.7 Å². The van der Waals surface area contributed by atoms with Crippen LogP contribution in [0.5, 0.6) is 0 Å². The van der Waals surface area contributed by atoms with Crippen molar-refractivity contribution in [3.63, 3.8) is 0 Å². The van der Waals surface area contributed by atoms with Gasteiger partial charge in [0.2, 0.25) is 0 Å². The van der Waals surface area contributed by atoms with E-state index in [9.17, 15) is 9.50 Å². The lowest BCUT2D eigenvalue weighted by molar-refractivity contribution is 0.0824. The molecule has 0 aliphatic carbocycles. The number of rotatable bonds is 3. The first-order chi connectivity index (χ1) is 12.6. The van der Waals surface area contributed by atoms with Crippen LogP contribution < -0.4 is 4.90 Å². The molecular weight excluding hydrogens is 355 g/mol. The molecule has 1 N–H and O–H groups in total. The summed E-state index contributed by atoms with van der Waals surface area (Å²) in [5, 5.41) is 11.7. The normalized spacial score (nSPS) is 17.0. The number of aryl methyl sites for hydroxylation is 1. The monoisotopic (exact) mass is 374 g/mol. The number of hydrogen-bond acceptors (Lipinski definition) is 4. The van der Waals surface area contributed by atoms with Gasteiger partial charge in [0.05, 0.1) is 10.7 Å². The van der Waals surface area contributed by atoms with Gasteiger partial charge in [-0.1, -0.05) is 11.6 Å². The number of fused-ring (bicyclic) bond motifs is 1. The zero-order valence-corrected chi connectivity index (χ0v) is 15.2. The lowest BCUT2D eigenvalue weighted by Gasteiger charge is -2.35. The first-order valence-corrected chi connectivity index (χ1v) is 9.07. The van der Waals surface area contributed by atoms with Crippen LogP contribution >= 0.6 is 11.6 Å². The number of benzene rings is 1. The van der Waals surface area contributed by atoms with Gasteiger partial charge < -0.3 is 14.6 Å². The van der Waals surface area contributed by atoms with Crippen LogP contribution in [-0.2, 0) is 7.05 Å². The predicted octanol–water partition coefficient (Wildman–Crippen LogP) is 3.71. The summed E-state index contributed by atoms with van der Waals surface area (Å²) in [7, 11) is 1.88. The number of imidazole rings is 1. The van der Waals surface area contributed by atoms with Crippen molar-refractivity contribution in [3.05, 3.63) is 53.5 Å². The van der Waals surface area contributed by atoms with Gasteiger partial charge in [-0.25, -0.2) is 9.37 Å². The molecule has 136 valence electrons. The van der Waals surface area contributed by atoms with Gasteiger partial charge in [0.1, 0.15) is 17.4 Å². The Bertz CT molecular complexity index is 936. The third kappa shape index (κ3) is 2.93. The van der Waals surface area contributed by atoms with E-state index in [0.717, 1.165) is 12.8 Å². The average molecular weight is 375 g/mol. The number of aliphatic hydroxyl groups excluding tert-OH is 1. The standard InChI is InChI=1S/C19H20ClFN4O/c1-24-11-8-23-19(24)18(26)12-5-9-25(10-6-12)15-3-2-13-14(20)4-7-22-17(13)16(15)21/h2-4,7-8,11-12,18,26H,5-6,9-10H2,1H3. The molecule has 1 aliphatic heterocycles. The van der Waals surface area contributed by atoms with Gasteiger partial charge in [0.25, 0.3) is 0 Å². The summed E-state index contributed by atoms with van der Waals surface area (Å²) in [4.78, 5) is 10.4. The Morgan fingerprint density at radius 1 is 1.19 bits per heavy atom. The van der Waals surface area contributed by atoms with Crippen LogP contribution in [0.4, 0.5) is 10.1 Å². The molecular formula is C19H20ClFN4O. The lowest BCUT2D eigenvalue weighted by atomic mass is 9.90. The smallest absolute Gasteiger partial charge is 0.172 e. The number of aliphatic hydroxyl groups is 1. The van der Waals surface area contributed by atoms with Crippen molar-refractivity contribution in [2.45, 2.75) is 18.9 Å². The van der Waals surface area contributed by atoms with Crippen LogP contribution in [0.25, 0.3) is 10.9 Å². The minimum Gasteiger partial charge on any atom is -0.385 e. The summed E-state index contributed by atoms with van der Waals surface area (Å²) in [5.74, 6) is 0.454. The van der Waals surface area contributed by atoms with Crippen molar-refractivity contribution in [2.24, 2.45) is 13.0 Å². The zero-order chi connectivity index (χ0) is 18.3. The summed E-state index contributed by atoms with van der Waals surface area (Å²) >= 11 is 6.13. The predicted molar refractivity (Wildman–Crippen MR) is 99.8 cm³/mol. The number of pyridine rings is 1. The molecule has 26 heavy (non-hydrogen) atoms.